The molecule has 0 unspecified atom stereocenters. The fourth-order valence-corrected chi connectivity index (χ4v) is 1.49. The average Bonchev–Trinajstić information content (AvgIpc) is 2.41. The van der Waals surface area contributed by atoms with E-state index in [1.807, 2.05) is 31.2 Å². The molecule has 0 aliphatic rings. The number of ether oxygens (including phenoxy) is 2. The highest BCUT2D eigenvalue weighted by molar-refractivity contribution is 5.91. The largest absolute Gasteiger partial charge is 0.465 e. The fraction of sp³-hybridized carbons (Fsp3) is 0.214. The number of benzene rings is 1. The minimum absolute atomic E-state index is 0.197. The zero-order valence-electron chi connectivity index (χ0n) is 11.0. The number of carbonyl (C=O) groups excluding carboxylic acids is 1. The third-order valence-electron chi connectivity index (χ3n) is 2.52. The molecule has 1 aromatic heterocycles. The maximum atomic E-state index is 11.6. The van der Waals surface area contributed by atoms with E-state index in [0.717, 1.165) is 5.56 Å². The number of carbonyl (C=O) groups is 1. The Hall–Kier alpha value is -2.43. The highest BCUT2D eigenvalue weighted by atomic mass is 16.5. The van der Waals surface area contributed by atoms with Crippen LogP contribution in [0, 0.1) is 13.8 Å². The molecule has 0 aliphatic heterocycles. The molecular weight excluding hydrogens is 244 g/mol. The third-order valence-corrected chi connectivity index (χ3v) is 2.52. The predicted octanol–water partition coefficient (Wildman–Crippen LogP) is 2.67. The molecule has 0 radical (unpaired) electrons. The van der Waals surface area contributed by atoms with Crippen LogP contribution < -0.4 is 4.74 Å². The number of hydrogen-bond acceptors (Lipinski definition) is 5. The molecule has 0 atom stereocenters. The first-order chi connectivity index (χ1) is 9.10. The zero-order chi connectivity index (χ0) is 13.8. The lowest BCUT2D eigenvalue weighted by Gasteiger charge is -2.09. The van der Waals surface area contributed by atoms with Crippen molar-refractivity contribution in [1.29, 1.82) is 0 Å². The van der Waals surface area contributed by atoms with E-state index >= 15 is 0 Å². The van der Waals surface area contributed by atoms with Gasteiger partial charge >= 0.3 is 5.97 Å². The molecule has 2 rings (SSSR count). The summed E-state index contributed by atoms with van der Waals surface area (Å²) in [5.74, 6) is 0.800. The van der Waals surface area contributed by atoms with Crippen molar-refractivity contribution < 1.29 is 14.3 Å². The third kappa shape index (κ3) is 3.07. The van der Waals surface area contributed by atoms with Crippen LogP contribution in [-0.4, -0.2) is 23.0 Å². The van der Waals surface area contributed by atoms with Crippen molar-refractivity contribution in [2.45, 2.75) is 13.8 Å². The standard InChI is InChI=1S/C14H14N2O3/c1-9-4-6-11(7-5-9)19-13-12(14(17)18-3)8-15-10(2)16-13/h4-8H,1-3H3. The van der Waals surface area contributed by atoms with E-state index in [0.29, 0.717) is 11.6 Å². The van der Waals surface area contributed by atoms with Crippen LogP contribution in [0.5, 0.6) is 11.6 Å². The highest BCUT2D eigenvalue weighted by Crippen LogP contribution is 2.23. The Bertz CT molecular complexity index is 594. The number of hydrogen-bond donors (Lipinski definition) is 0. The van der Waals surface area contributed by atoms with E-state index in [1.54, 1.807) is 6.92 Å². The van der Waals surface area contributed by atoms with E-state index in [1.165, 1.54) is 13.3 Å². The Morgan fingerprint density at radius 1 is 1.16 bits per heavy atom. The summed E-state index contributed by atoms with van der Waals surface area (Å²) in [7, 11) is 1.30. The van der Waals surface area contributed by atoms with E-state index in [-0.39, 0.29) is 11.4 Å². The number of methoxy groups -OCH3 is 1. The van der Waals surface area contributed by atoms with Crippen molar-refractivity contribution in [3.8, 4) is 11.6 Å². The van der Waals surface area contributed by atoms with Gasteiger partial charge in [0.05, 0.1) is 7.11 Å². The molecular formula is C14H14N2O3. The van der Waals surface area contributed by atoms with Gasteiger partial charge in [-0.3, -0.25) is 0 Å². The van der Waals surface area contributed by atoms with Gasteiger partial charge in [-0.15, -0.1) is 0 Å². The van der Waals surface area contributed by atoms with E-state index in [9.17, 15) is 4.79 Å². The van der Waals surface area contributed by atoms with Crippen molar-refractivity contribution in [3.05, 3.63) is 47.4 Å². The van der Waals surface area contributed by atoms with Crippen LogP contribution in [0.2, 0.25) is 0 Å². The Morgan fingerprint density at radius 3 is 2.47 bits per heavy atom. The number of esters is 1. The number of aryl methyl sites for hydroxylation is 2. The number of aromatic nitrogens is 2. The number of nitrogens with zero attached hydrogens (tertiary/aromatic N) is 2. The molecule has 0 aliphatic carbocycles. The summed E-state index contributed by atoms with van der Waals surface area (Å²) < 4.78 is 10.3. The first-order valence-corrected chi connectivity index (χ1v) is 5.76. The highest BCUT2D eigenvalue weighted by Gasteiger charge is 2.16. The smallest absolute Gasteiger partial charge is 0.345 e. The first kappa shape index (κ1) is 13.0. The lowest BCUT2D eigenvalue weighted by molar-refractivity contribution is 0.0596. The Labute approximate surface area is 111 Å². The number of rotatable bonds is 3. The van der Waals surface area contributed by atoms with Gasteiger partial charge in [0, 0.05) is 6.20 Å². The van der Waals surface area contributed by atoms with Crippen molar-refractivity contribution in [2.75, 3.05) is 7.11 Å². The molecule has 0 spiro atoms. The quantitative estimate of drug-likeness (QED) is 0.792. The van der Waals surface area contributed by atoms with Crippen molar-refractivity contribution in [3.63, 3.8) is 0 Å². The van der Waals surface area contributed by atoms with Gasteiger partial charge in [-0.25, -0.2) is 9.78 Å². The molecule has 1 aromatic carbocycles. The van der Waals surface area contributed by atoms with Gasteiger partial charge in [-0.2, -0.15) is 4.98 Å². The second-order valence-corrected chi connectivity index (χ2v) is 4.04. The van der Waals surface area contributed by atoms with Gasteiger partial charge in [-0.05, 0) is 26.0 Å². The van der Waals surface area contributed by atoms with Crippen molar-refractivity contribution in [2.24, 2.45) is 0 Å². The molecule has 0 fully saturated rings. The van der Waals surface area contributed by atoms with Gasteiger partial charge in [0.15, 0.2) is 0 Å². The maximum Gasteiger partial charge on any atom is 0.345 e. The van der Waals surface area contributed by atoms with Gasteiger partial charge < -0.3 is 9.47 Å². The molecule has 0 N–H and O–H groups in total. The summed E-state index contributed by atoms with van der Waals surface area (Å²) in [6.07, 6.45) is 1.40. The van der Waals surface area contributed by atoms with Crippen LogP contribution in [0.3, 0.4) is 0 Å². The molecule has 0 bridgehead atoms. The molecule has 0 saturated carbocycles. The van der Waals surface area contributed by atoms with Crippen LogP contribution in [0.15, 0.2) is 30.5 Å². The van der Waals surface area contributed by atoms with Gasteiger partial charge in [0.2, 0.25) is 5.88 Å². The summed E-state index contributed by atoms with van der Waals surface area (Å²) in [6.45, 7) is 3.71. The Morgan fingerprint density at radius 2 is 1.84 bits per heavy atom. The summed E-state index contributed by atoms with van der Waals surface area (Å²) >= 11 is 0. The van der Waals surface area contributed by atoms with Crippen molar-refractivity contribution in [1.82, 2.24) is 9.97 Å². The molecule has 2 aromatic rings. The first-order valence-electron chi connectivity index (χ1n) is 5.76. The molecule has 0 saturated heterocycles. The average molecular weight is 258 g/mol. The van der Waals surface area contributed by atoms with E-state index < -0.39 is 5.97 Å². The molecule has 19 heavy (non-hydrogen) atoms. The van der Waals surface area contributed by atoms with Crippen LogP contribution in [0.25, 0.3) is 0 Å². The fourth-order valence-electron chi connectivity index (χ4n) is 1.49. The van der Waals surface area contributed by atoms with E-state index in [4.69, 9.17) is 4.74 Å². The normalized spacial score (nSPS) is 10.1. The Balaban J connectivity index is 2.35. The van der Waals surface area contributed by atoms with Gasteiger partial charge in [0.25, 0.3) is 0 Å². The monoisotopic (exact) mass is 258 g/mol. The SMILES string of the molecule is COC(=O)c1cnc(C)nc1Oc1ccc(C)cc1. The summed E-state index contributed by atoms with van der Waals surface area (Å²) in [5.41, 5.74) is 1.33. The van der Waals surface area contributed by atoms with Crippen LogP contribution >= 0.6 is 0 Å². The summed E-state index contributed by atoms with van der Waals surface area (Å²) in [6, 6.07) is 7.46. The second-order valence-electron chi connectivity index (χ2n) is 4.04. The molecule has 1 heterocycles. The van der Waals surface area contributed by atoms with Crippen LogP contribution in [-0.2, 0) is 4.74 Å². The molecule has 5 heteroatoms. The topological polar surface area (TPSA) is 61.3 Å². The predicted molar refractivity (Wildman–Crippen MR) is 69.4 cm³/mol. The molecule has 98 valence electrons. The second kappa shape index (κ2) is 5.48. The van der Waals surface area contributed by atoms with Crippen molar-refractivity contribution >= 4 is 5.97 Å². The lowest BCUT2D eigenvalue weighted by Crippen LogP contribution is -2.07. The minimum Gasteiger partial charge on any atom is -0.465 e. The Kier molecular flexibility index (Phi) is 3.75. The minimum atomic E-state index is -0.526. The van der Waals surface area contributed by atoms with Crippen LogP contribution in [0.1, 0.15) is 21.7 Å². The van der Waals surface area contributed by atoms with Gasteiger partial charge in [-0.1, -0.05) is 17.7 Å². The van der Waals surface area contributed by atoms with E-state index in [2.05, 4.69) is 14.7 Å². The maximum absolute atomic E-state index is 11.6. The molecule has 5 nitrogen and oxygen atoms in total. The zero-order valence-corrected chi connectivity index (χ0v) is 11.0. The van der Waals surface area contributed by atoms with Gasteiger partial charge in [0.1, 0.15) is 17.1 Å². The summed E-state index contributed by atoms with van der Waals surface area (Å²) in [5, 5.41) is 0. The summed E-state index contributed by atoms with van der Waals surface area (Å²) in [4.78, 5) is 19.7. The molecule has 0 amide bonds. The van der Waals surface area contributed by atoms with Crippen LogP contribution in [0.4, 0.5) is 0 Å². The lowest BCUT2D eigenvalue weighted by atomic mass is 10.2.